The summed E-state index contributed by atoms with van der Waals surface area (Å²) in [5.41, 5.74) is 1.59. The van der Waals surface area contributed by atoms with Gasteiger partial charge in [-0.1, -0.05) is 24.3 Å². The molecule has 3 amide bonds. The first kappa shape index (κ1) is 24.9. The Morgan fingerprint density at radius 3 is 2.46 bits per heavy atom. The Morgan fingerprint density at radius 2 is 1.77 bits per heavy atom. The number of fused-ring (bicyclic) bond motifs is 4. The summed E-state index contributed by atoms with van der Waals surface area (Å²) < 4.78 is 34.1. The molecule has 0 saturated carbocycles. The van der Waals surface area contributed by atoms with Crippen molar-refractivity contribution < 1.29 is 28.2 Å². The lowest BCUT2D eigenvalue weighted by molar-refractivity contribution is 0.0134. The number of nitrogens with one attached hydrogen (secondary N) is 2. The average Bonchev–Trinajstić information content (AvgIpc) is 3.31. The maximum absolute atomic E-state index is 14.4. The predicted octanol–water partition coefficient (Wildman–Crippen LogP) is 4.43. The topological polar surface area (TPSA) is 97.9 Å². The lowest BCUT2D eigenvalue weighted by Gasteiger charge is -2.56. The second-order valence-corrected chi connectivity index (χ2v) is 9.98. The minimum Gasteiger partial charge on any atom is -0.497 e. The first-order valence-corrected chi connectivity index (χ1v) is 12.5. The van der Waals surface area contributed by atoms with E-state index >= 15 is 0 Å². The number of likely N-dealkylation sites (tertiary alicyclic amines) is 1. The molecule has 0 aliphatic carbocycles. The monoisotopic (exact) mass is 532 g/mol. The summed E-state index contributed by atoms with van der Waals surface area (Å²) in [5.74, 6) is -0.983. The molecule has 1 spiro atoms. The van der Waals surface area contributed by atoms with Gasteiger partial charge in [-0.2, -0.15) is 0 Å². The van der Waals surface area contributed by atoms with E-state index in [1.165, 1.54) is 41.3 Å². The second kappa shape index (κ2) is 9.39. The molecule has 1 aromatic heterocycles. The van der Waals surface area contributed by atoms with Gasteiger partial charge < -0.3 is 29.9 Å². The zero-order chi connectivity index (χ0) is 27.3. The number of nitrogens with zero attached hydrogens (tertiary/aromatic N) is 2. The van der Waals surface area contributed by atoms with Crippen molar-refractivity contribution >= 4 is 28.5 Å². The Morgan fingerprint density at radius 1 is 1.05 bits per heavy atom. The van der Waals surface area contributed by atoms with Crippen LogP contribution in [0.15, 0.2) is 66.7 Å². The van der Waals surface area contributed by atoms with Gasteiger partial charge in [0.2, 0.25) is 0 Å². The van der Waals surface area contributed by atoms with Crippen LogP contribution in [0.2, 0.25) is 0 Å². The number of aliphatic hydroxyl groups excluding tert-OH is 1. The molecular weight excluding hydrogens is 506 g/mol. The largest absolute Gasteiger partial charge is 0.497 e. The molecule has 1 fully saturated rings. The smallest absolute Gasteiger partial charge is 0.322 e. The molecule has 200 valence electrons. The van der Waals surface area contributed by atoms with Gasteiger partial charge in [0, 0.05) is 42.3 Å². The van der Waals surface area contributed by atoms with Gasteiger partial charge in [0.25, 0.3) is 5.91 Å². The number of carbonyl (C=O) groups is 2. The Labute approximate surface area is 222 Å². The van der Waals surface area contributed by atoms with Gasteiger partial charge >= 0.3 is 6.03 Å². The molecule has 1 atom stereocenters. The Balaban J connectivity index is 1.40. The fourth-order valence-electron chi connectivity index (χ4n) is 5.86. The van der Waals surface area contributed by atoms with E-state index in [9.17, 15) is 23.5 Å². The Kier molecular flexibility index (Phi) is 5.99. The number of aliphatic hydroxyl groups is 1. The van der Waals surface area contributed by atoms with E-state index < -0.39 is 35.0 Å². The maximum Gasteiger partial charge on any atom is 0.322 e. The third-order valence-corrected chi connectivity index (χ3v) is 7.68. The third-order valence-electron chi connectivity index (χ3n) is 7.68. The predicted molar refractivity (Wildman–Crippen MR) is 141 cm³/mol. The van der Waals surface area contributed by atoms with Crippen LogP contribution in [0.5, 0.6) is 5.75 Å². The fraction of sp³-hybridized carbons (Fsp3) is 0.241. The number of anilines is 1. The van der Waals surface area contributed by atoms with Gasteiger partial charge in [-0.15, -0.1) is 0 Å². The average molecular weight is 533 g/mol. The number of urea groups is 1. The van der Waals surface area contributed by atoms with Crippen molar-refractivity contribution in [2.45, 2.75) is 11.5 Å². The van der Waals surface area contributed by atoms with Crippen molar-refractivity contribution in [3.8, 4) is 5.75 Å². The van der Waals surface area contributed by atoms with Crippen molar-refractivity contribution in [1.29, 1.82) is 0 Å². The van der Waals surface area contributed by atoms with E-state index in [0.717, 1.165) is 16.5 Å². The molecule has 3 heterocycles. The minimum atomic E-state index is -0.743. The molecule has 0 unspecified atom stereocenters. The number of H-pyrrole nitrogens is 1. The minimum absolute atomic E-state index is 0.0189. The van der Waals surface area contributed by atoms with Crippen LogP contribution in [-0.2, 0) is 5.41 Å². The first-order chi connectivity index (χ1) is 18.8. The number of halogens is 2. The number of hydrogen-bond acceptors (Lipinski definition) is 4. The highest BCUT2D eigenvalue weighted by atomic mass is 19.1. The zero-order valence-corrected chi connectivity index (χ0v) is 21.1. The first-order valence-electron chi connectivity index (χ1n) is 12.5. The van der Waals surface area contributed by atoms with Gasteiger partial charge in [0.1, 0.15) is 17.4 Å². The van der Waals surface area contributed by atoms with Crippen LogP contribution < -0.4 is 10.1 Å². The Hall–Kier alpha value is -4.44. The number of carbonyl (C=O) groups excluding carboxylic acids is 2. The molecule has 2 aliphatic rings. The lowest BCUT2D eigenvalue weighted by Crippen LogP contribution is -2.68. The molecule has 10 heteroatoms. The van der Waals surface area contributed by atoms with Crippen LogP contribution in [0.3, 0.4) is 0 Å². The molecule has 3 N–H and O–H groups in total. The van der Waals surface area contributed by atoms with Gasteiger partial charge in [-0.3, -0.25) is 4.79 Å². The van der Waals surface area contributed by atoms with Crippen molar-refractivity contribution in [3.63, 3.8) is 0 Å². The molecule has 3 aromatic carbocycles. The van der Waals surface area contributed by atoms with E-state index in [1.54, 1.807) is 24.1 Å². The molecule has 1 saturated heterocycles. The fourth-order valence-corrected chi connectivity index (χ4v) is 5.86. The third kappa shape index (κ3) is 3.99. The number of rotatable bonds is 4. The standard InChI is InChI=1S/C29H26F2N4O4/c1-39-17-10-11-19-23(12-17)32-26-24(13-36)35(28(38)33-22-9-5-4-8-21(22)31)16-29(25(19)26)14-34(15-29)27(37)18-6-2-3-7-20(18)30/h2-12,24,32,36H,13-16H2,1H3,(H,33,38)/t24-/m1/s1. The summed E-state index contributed by atoms with van der Waals surface area (Å²) in [6, 6.07) is 15.9. The maximum atomic E-state index is 14.4. The van der Waals surface area contributed by atoms with E-state index in [-0.39, 0.29) is 37.5 Å². The van der Waals surface area contributed by atoms with Gasteiger partial charge in [0.05, 0.1) is 36.4 Å². The van der Waals surface area contributed by atoms with Crippen molar-refractivity contribution in [2.75, 3.05) is 38.7 Å². The highest BCUT2D eigenvalue weighted by Gasteiger charge is 2.55. The van der Waals surface area contributed by atoms with E-state index in [2.05, 4.69) is 10.3 Å². The van der Waals surface area contributed by atoms with Gasteiger partial charge in [0.15, 0.2) is 0 Å². The number of hydrogen-bond donors (Lipinski definition) is 3. The van der Waals surface area contributed by atoms with Crippen molar-refractivity contribution in [3.05, 3.63) is 95.2 Å². The van der Waals surface area contributed by atoms with Crippen LogP contribution in [-0.4, -0.2) is 65.2 Å². The normalized spacial score (nSPS) is 17.6. The van der Waals surface area contributed by atoms with Gasteiger partial charge in [-0.05, 0) is 42.0 Å². The number of aromatic amines is 1. The van der Waals surface area contributed by atoms with Crippen LogP contribution >= 0.6 is 0 Å². The highest BCUT2D eigenvalue weighted by molar-refractivity contribution is 5.97. The summed E-state index contributed by atoms with van der Waals surface area (Å²) in [6.45, 7) is 0.239. The van der Waals surface area contributed by atoms with E-state index in [1.807, 2.05) is 18.2 Å². The van der Waals surface area contributed by atoms with Crippen molar-refractivity contribution in [2.24, 2.45) is 0 Å². The molecular formula is C29H26F2N4O4. The van der Waals surface area contributed by atoms with Crippen LogP contribution in [0, 0.1) is 11.6 Å². The molecule has 4 aromatic rings. The van der Waals surface area contributed by atoms with E-state index in [0.29, 0.717) is 11.4 Å². The summed E-state index contributed by atoms with van der Waals surface area (Å²) in [5, 5.41) is 13.9. The number of para-hydroxylation sites is 1. The van der Waals surface area contributed by atoms with Crippen LogP contribution in [0.4, 0.5) is 19.3 Å². The molecule has 2 aliphatic heterocycles. The summed E-state index contributed by atoms with van der Waals surface area (Å²) in [6.07, 6.45) is 0. The molecule has 8 nitrogen and oxygen atoms in total. The van der Waals surface area contributed by atoms with E-state index in [4.69, 9.17) is 4.74 Å². The molecule has 6 rings (SSSR count). The highest BCUT2D eigenvalue weighted by Crippen LogP contribution is 2.49. The number of ether oxygens (including phenoxy) is 1. The second-order valence-electron chi connectivity index (χ2n) is 9.98. The summed E-state index contributed by atoms with van der Waals surface area (Å²) >= 11 is 0. The number of benzene rings is 3. The zero-order valence-electron chi connectivity index (χ0n) is 21.1. The number of methoxy groups -OCH3 is 1. The lowest BCUT2D eigenvalue weighted by atomic mass is 9.68. The summed E-state index contributed by atoms with van der Waals surface area (Å²) in [7, 11) is 1.56. The molecule has 0 radical (unpaired) electrons. The molecule has 0 bridgehead atoms. The quantitative estimate of drug-likeness (QED) is 0.362. The Bertz CT molecular complexity index is 1600. The summed E-state index contributed by atoms with van der Waals surface area (Å²) in [4.78, 5) is 33.0. The number of aromatic nitrogens is 1. The van der Waals surface area contributed by atoms with Crippen LogP contribution in [0.25, 0.3) is 10.9 Å². The SMILES string of the molecule is COc1ccc2c3c([nH]c2c1)[C@@H](CO)N(C(=O)Nc1ccccc1F)CC31CN(C(=O)c2ccccc2F)C1. The van der Waals surface area contributed by atoms with Gasteiger partial charge in [-0.25, -0.2) is 13.6 Å². The van der Waals surface area contributed by atoms with Crippen molar-refractivity contribution in [1.82, 2.24) is 14.8 Å². The molecule has 39 heavy (non-hydrogen) atoms. The van der Waals surface area contributed by atoms with Crippen LogP contribution in [0.1, 0.15) is 27.7 Å². The number of amides is 3.